The Balaban J connectivity index is 1.70. The van der Waals surface area contributed by atoms with Crippen molar-refractivity contribution in [1.82, 2.24) is 15.0 Å². The van der Waals surface area contributed by atoms with Gasteiger partial charge in [-0.15, -0.1) is 0 Å². The summed E-state index contributed by atoms with van der Waals surface area (Å²) in [7, 11) is 0. The molecule has 3 rings (SSSR count). The number of hydrogen-bond donors (Lipinski definition) is 2. The number of aliphatic hydroxyl groups excluding tert-OH is 1. The SMILES string of the molecule is OC(CNc1ncnc(-c2ccc(C(F)(F)F)cc2)n1)c1ccccc1. The molecule has 5 nitrogen and oxygen atoms in total. The van der Waals surface area contributed by atoms with Crippen LogP contribution in [-0.4, -0.2) is 26.6 Å². The predicted molar refractivity (Wildman–Crippen MR) is 90.2 cm³/mol. The van der Waals surface area contributed by atoms with Gasteiger partial charge in [0.15, 0.2) is 5.82 Å². The molecule has 1 atom stereocenters. The number of nitrogens with one attached hydrogen (secondary N) is 1. The van der Waals surface area contributed by atoms with Crippen LogP contribution >= 0.6 is 0 Å². The van der Waals surface area contributed by atoms with Crippen molar-refractivity contribution in [3.8, 4) is 11.4 Å². The van der Waals surface area contributed by atoms with Crippen molar-refractivity contribution in [1.29, 1.82) is 0 Å². The van der Waals surface area contributed by atoms with Gasteiger partial charge in [0.2, 0.25) is 5.95 Å². The molecule has 0 saturated carbocycles. The highest BCUT2D eigenvalue weighted by molar-refractivity contribution is 5.56. The van der Waals surface area contributed by atoms with Crippen molar-refractivity contribution in [2.24, 2.45) is 0 Å². The second-order valence-corrected chi connectivity index (χ2v) is 5.52. The minimum Gasteiger partial charge on any atom is -0.387 e. The van der Waals surface area contributed by atoms with Gasteiger partial charge in [-0.2, -0.15) is 18.2 Å². The van der Waals surface area contributed by atoms with Gasteiger partial charge in [0.25, 0.3) is 0 Å². The van der Waals surface area contributed by atoms with E-state index in [0.29, 0.717) is 5.56 Å². The molecule has 1 heterocycles. The zero-order valence-electron chi connectivity index (χ0n) is 13.5. The minimum atomic E-state index is -4.39. The standard InChI is InChI=1S/C18H15F3N4O/c19-18(20,21)14-8-6-13(7-9-14)16-23-11-24-17(25-16)22-10-15(26)12-4-2-1-3-5-12/h1-9,11,15,26H,10H2,(H,22,23,24,25). The zero-order chi connectivity index (χ0) is 18.6. The summed E-state index contributed by atoms with van der Waals surface area (Å²) in [6, 6.07) is 13.7. The van der Waals surface area contributed by atoms with Crippen LogP contribution in [0.5, 0.6) is 0 Å². The molecular formula is C18H15F3N4O. The number of alkyl halides is 3. The number of halogens is 3. The van der Waals surface area contributed by atoms with Crippen LogP contribution in [0.4, 0.5) is 19.1 Å². The summed E-state index contributed by atoms with van der Waals surface area (Å²) in [4.78, 5) is 12.1. The zero-order valence-corrected chi connectivity index (χ0v) is 13.5. The van der Waals surface area contributed by atoms with Gasteiger partial charge in [-0.05, 0) is 17.7 Å². The second-order valence-electron chi connectivity index (χ2n) is 5.52. The van der Waals surface area contributed by atoms with Gasteiger partial charge < -0.3 is 10.4 Å². The monoisotopic (exact) mass is 360 g/mol. The van der Waals surface area contributed by atoms with E-state index in [1.54, 1.807) is 12.1 Å². The molecule has 0 fully saturated rings. The maximum Gasteiger partial charge on any atom is 0.416 e. The molecule has 0 amide bonds. The molecule has 26 heavy (non-hydrogen) atoms. The molecular weight excluding hydrogens is 345 g/mol. The van der Waals surface area contributed by atoms with E-state index in [9.17, 15) is 18.3 Å². The summed E-state index contributed by atoms with van der Waals surface area (Å²) in [5.74, 6) is 0.468. The van der Waals surface area contributed by atoms with E-state index in [2.05, 4.69) is 20.3 Å². The Kier molecular flexibility index (Phi) is 5.13. The van der Waals surface area contributed by atoms with Gasteiger partial charge in [0, 0.05) is 12.1 Å². The molecule has 0 saturated heterocycles. The van der Waals surface area contributed by atoms with E-state index in [0.717, 1.165) is 17.7 Å². The molecule has 0 aliphatic heterocycles. The Labute approximate surface area is 147 Å². The molecule has 0 aliphatic carbocycles. The lowest BCUT2D eigenvalue weighted by Crippen LogP contribution is -2.14. The molecule has 2 N–H and O–H groups in total. The van der Waals surface area contributed by atoms with E-state index in [1.165, 1.54) is 18.5 Å². The van der Waals surface area contributed by atoms with E-state index >= 15 is 0 Å². The highest BCUT2D eigenvalue weighted by Crippen LogP contribution is 2.30. The third-order valence-corrected chi connectivity index (χ3v) is 3.68. The van der Waals surface area contributed by atoms with Crippen LogP contribution in [0.2, 0.25) is 0 Å². The van der Waals surface area contributed by atoms with Crippen LogP contribution in [0.1, 0.15) is 17.2 Å². The largest absolute Gasteiger partial charge is 0.416 e. The van der Waals surface area contributed by atoms with Crippen LogP contribution in [-0.2, 0) is 6.18 Å². The van der Waals surface area contributed by atoms with Crippen molar-refractivity contribution in [2.75, 3.05) is 11.9 Å². The first-order valence-corrected chi connectivity index (χ1v) is 7.77. The maximum atomic E-state index is 12.6. The van der Waals surface area contributed by atoms with Gasteiger partial charge in [-0.1, -0.05) is 42.5 Å². The lowest BCUT2D eigenvalue weighted by molar-refractivity contribution is -0.137. The fourth-order valence-corrected chi connectivity index (χ4v) is 2.31. The van der Waals surface area contributed by atoms with Gasteiger partial charge in [0.05, 0.1) is 11.7 Å². The molecule has 134 valence electrons. The van der Waals surface area contributed by atoms with Crippen LogP contribution in [0.15, 0.2) is 60.9 Å². The molecule has 0 spiro atoms. The van der Waals surface area contributed by atoms with Crippen LogP contribution in [0.25, 0.3) is 11.4 Å². The Morgan fingerprint density at radius 1 is 0.962 bits per heavy atom. The highest BCUT2D eigenvalue weighted by atomic mass is 19.4. The maximum absolute atomic E-state index is 12.6. The van der Waals surface area contributed by atoms with Gasteiger partial charge in [0.1, 0.15) is 6.33 Å². The van der Waals surface area contributed by atoms with Crippen molar-refractivity contribution in [2.45, 2.75) is 12.3 Å². The average molecular weight is 360 g/mol. The van der Waals surface area contributed by atoms with Gasteiger partial charge in [-0.3, -0.25) is 0 Å². The number of aliphatic hydroxyl groups is 1. The molecule has 2 aromatic carbocycles. The van der Waals surface area contributed by atoms with Crippen LogP contribution < -0.4 is 5.32 Å². The number of rotatable bonds is 5. The third kappa shape index (κ3) is 4.34. The van der Waals surface area contributed by atoms with Crippen LogP contribution in [0, 0.1) is 0 Å². The van der Waals surface area contributed by atoms with E-state index in [4.69, 9.17) is 0 Å². The Morgan fingerprint density at radius 2 is 1.65 bits per heavy atom. The fraction of sp³-hybridized carbons (Fsp3) is 0.167. The number of nitrogens with zero attached hydrogens (tertiary/aromatic N) is 3. The molecule has 0 aliphatic rings. The Bertz CT molecular complexity index is 854. The van der Waals surface area contributed by atoms with E-state index in [-0.39, 0.29) is 18.3 Å². The summed E-state index contributed by atoms with van der Waals surface area (Å²) < 4.78 is 37.9. The predicted octanol–water partition coefficient (Wildman–Crippen LogP) is 3.70. The summed E-state index contributed by atoms with van der Waals surface area (Å²) in [5, 5.41) is 13.0. The van der Waals surface area contributed by atoms with Crippen molar-refractivity contribution >= 4 is 5.95 Å². The van der Waals surface area contributed by atoms with E-state index in [1.807, 2.05) is 18.2 Å². The molecule has 0 radical (unpaired) electrons. The van der Waals surface area contributed by atoms with Crippen molar-refractivity contribution in [3.63, 3.8) is 0 Å². The first kappa shape index (κ1) is 17.8. The second kappa shape index (κ2) is 7.49. The third-order valence-electron chi connectivity index (χ3n) is 3.68. The number of aromatic nitrogens is 3. The molecule has 0 bridgehead atoms. The molecule has 1 aromatic heterocycles. The van der Waals surface area contributed by atoms with Gasteiger partial charge >= 0.3 is 6.18 Å². The fourth-order valence-electron chi connectivity index (χ4n) is 2.31. The quantitative estimate of drug-likeness (QED) is 0.726. The molecule has 1 unspecified atom stereocenters. The summed E-state index contributed by atoms with van der Waals surface area (Å²) in [6.45, 7) is 0.181. The summed E-state index contributed by atoms with van der Waals surface area (Å²) in [6.07, 6.45) is -3.88. The lowest BCUT2D eigenvalue weighted by Gasteiger charge is -2.12. The number of hydrogen-bond acceptors (Lipinski definition) is 5. The first-order chi connectivity index (χ1) is 12.4. The topological polar surface area (TPSA) is 70.9 Å². The van der Waals surface area contributed by atoms with Gasteiger partial charge in [-0.25, -0.2) is 9.97 Å². The first-order valence-electron chi connectivity index (χ1n) is 7.77. The molecule has 3 aromatic rings. The number of anilines is 1. The van der Waals surface area contributed by atoms with Crippen LogP contribution in [0.3, 0.4) is 0 Å². The van der Waals surface area contributed by atoms with E-state index < -0.39 is 17.8 Å². The summed E-state index contributed by atoms with van der Waals surface area (Å²) in [5.41, 5.74) is 0.448. The summed E-state index contributed by atoms with van der Waals surface area (Å²) >= 11 is 0. The smallest absolute Gasteiger partial charge is 0.387 e. The van der Waals surface area contributed by atoms with Crippen molar-refractivity contribution < 1.29 is 18.3 Å². The average Bonchev–Trinajstić information content (AvgIpc) is 2.66. The van der Waals surface area contributed by atoms with Crippen molar-refractivity contribution in [3.05, 3.63) is 72.1 Å². The minimum absolute atomic E-state index is 0.181. The number of benzene rings is 2. The highest BCUT2D eigenvalue weighted by Gasteiger charge is 2.30. The normalized spacial score (nSPS) is 12.6. The molecule has 8 heteroatoms. The Morgan fingerprint density at radius 3 is 2.31 bits per heavy atom. The Hall–Kier alpha value is -3.00. The lowest BCUT2D eigenvalue weighted by atomic mass is 10.1.